The van der Waals surface area contributed by atoms with E-state index in [-0.39, 0.29) is 42.1 Å². The van der Waals surface area contributed by atoms with E-state index in [9.17, 15) is 14.4 Å². The standard InChI is InChI=1S/C30H32N4O3/c1-33(30(37)25-13-7-8-16-31-25)27(19-21-9-3-2-4-10-21)22-14-17-34(18-15-22)28(35)20-26-23-11-5-6-12-24(23)29(36)32-26/h2-13,16,22,26-27H,14-15,17-20H2,1H3,(H,32,36). The van der Waals surface area contributed by atoms with Crippen molar-refractivity contribution in [3.8, 4) is 0 Å². The van der Waals surface area contributed by atoms with E-state index in [1.807, 2.05) is 59.3 Å². The Kier molecular flexibility index (Phi) is 7.30. The lowest BCUT2D eigenvalue weighted by molar-refractivity contribution is -0.133. The Bertz CT molecular complexity index is 1260. The Labute approximate surface area is 217 Å². The van der Waals surface area contributed by atoms with Crippen molar-refractivity contribution in [2.45, 2.75) is 37.8 Å². The second-order valence-electron chi connectivity index (χ2n) is 9.92. The first-order valence-electron chi connectivity index (χ1n) is 12.9. The van der Waals surface area contributed by atoms with Gasteiger partial charge in [-0.15, -0.1) is 0 Å². The van der Waals surface area contributed by atoms with Crippen molar-refractivity contribution in [3.63, 3.8) is 0 Å². The zero-order chi connectivity index (χ0) is 25.8. The molecule has 2 aliphatic heterocycles. The van der Waals surface area contributed by atoms with E-state index in [2.05, 4.69) is 22.4 Å². The van der Waals surface area contributed by atoms with Crippen LogP contribution in [-0.4, -0.2) is 58.7 Å². The van der Waals surface area contributed by atoms with Gasteiger partial charge in [0, 0.05) is 37.9 Å². The lowest BCUT2D eigenvalue weighted by atomic mass is 9.84. The summed E-state index contributed by atoms with van der Waals surface area (Å²) in [5.74, 6) is 0.110. The largest absolute Gasteiger partial charge is 0.345 e. The van der Waals surface area contributed by atoms with Gasteiger partial charge in [-0.25, -0.2) is 0 Å². The van der Waals surface area contributed by atoms with Crippen molar-refractivity contribution < 1.29 is 14.4 Å². The number of likely N-dealkylation sites (N-methyl/N-ethyl adjacent to an activating group) is 1. The number of carbonyl (C=O) groups is 3. The second kappa shape index (κ2) is 10.9. The Balaban J connectivity index is 1.25. The van der Waals surface area contributed by atoms with Crippen LogP contribution in [0.1, 0.15) is 57.3 Å². The number of benzene rings is 2. The Morgan fingerprint density at radius 3 is 2.43 bits per heavy atom. The van der Waals surface area contributed by atoms with Crippen LogP contribution in [0.5, 0.6) is 0 Å². The predicted molar refractivity (Wildman–Crippen MR) is 141 cm³/mol. The summed E-state index contributed by atoms with van der Waals surface area (Å²) in [5, 5.41) is 2.95. The van der Waals surface area contributed by atoms with E-state index >= 15 is 0 Å². The average molecular weight is 497 g/mol. The molecule has 1 aromatic heterocycles. The van der Waals surface area contributed by atoms with Crippen LogP contribution in [0.3, 0.4) is 0 Å². The van der Waals surface area contributed by atoms with Gasteiger partial charge in [0.25, 0.3) is 11.8 Å². The van der Waals surface area contributed by atoms with E-state index in [1.165, 1.54) is 5.56 Å². The summed E-state index contributed by atoms with van der Waals surface area (Å²) in [6.45, 7) is 1.28. The average Bonchev–Trinajstić information content (AvgIpc) is 3.27. The molecule has 3 heterocycles. The summed E-state index contributed by atoms with van der Waals surface area (Å²) in [4.78, 5) is 46.7. The molecule has 2 aliphatic rings. The van der Waals surface area contributed by atoms with Gasteiger partial charge in [-0.2, -0.15) is 0 Å². The molecule has 3 aromatic rings. The number of likely N-dealkylation sites (tertiary alicyclic amines) is 1. The van der Waals surface area contributed by atoms with Crippen LogP contribution < -0.4 is 5.32 Å². The third-order valence-corrected chi connectivity index (χ3v) is 7.69. The monoisotopic (exact) mass is 496 g/mol. The van der Waals surface area contributed by atoms with Crippen LogP contribution in [0.2, 0.25) is 0 Å². The topological polar surface area (TPSA) is 82.6 Å². The minimum atomic E-state index is -0.276. The number of hydrogen-bond donors (Lipinski definition) is 1. The number of nitrogens with one attached hydrogen (secondary N) is 1. The highest BCUT2D eigenvalue weighted by molar-refractivity contribution is 5.99. The van der Waals surface area contributed by atoms with Gasteiger partial charge in [-0.05, 0) is 54.5 Å². The summed E-state index contributed by atoms with van der Waals surface area (Å²) in [7, 11) is 1.86. The third-order valence-electron chi connectivity index (χ3n) is 7.69. The van der Waals surface area contributed by atoms with E-state index in [4.69, 9.17) is 0 Å². The maximum absolute atomic E-state index is 13.3. The molecule has 2 atom stereocenters. The van der Waals surface area contributed by atoms with Gasteiger partial charge in [0.15, 0.2) is 0 Å². The van der Waals surface area contributed by atoms with Crippen LogP contribution >= 0.6 is 0 Å². The molecule has 7 nitrogen and oxygen atoms in total. The highest BCUT2D eigenvalue weighted by Gasteiger charge is 2.35. The molecule has 3 amide bonds. The van der Waals surface area contributed by atoms with Crippen LogP contribution in [0, 0.1) is 5.92 Å². The first kappa shape index (κ1) is 24.7. The Morgan fingerprint density at radius 2 is 1.70 bits per heavy atom. The summed E-state index contributed by atoms with van der Waals surface area (Å²) in [6.07, 6.45) is 4.29. The van der Waals surface area contributed by atoms with E-state index in [1.54, 1.807) is 24.4 Å². The van der Waals surface area contributed by atoms with Crippen molar-refractivity contribution in [2.24, 2.45) is 5.92 Å². The first-order chi connectivity index (χ1) is 18.0. The fourth-order valence-electron chi connectivity index (χ4n) is 5.62. The number of fused-ring (bicyclic) bond motifs is 1. The molecule has 7 heteroatoms. The number of hydrogen-bond acceptors (Lipinski definition) is 4. The number of rotatable bonds is 7. The molecule has 190 valence electrons. The molecule has 5 rings (SSSR count). The smallest absolute Gasteiger partial charge is 0.272 e. The minimum Gasteiger partial charge on any atom is -0.345 e. The molecule has 2 aromatic carbocycles. The molecule has 2 unspecified atom stereocenters. The Morgan fingerprint density at radius 1 is 1.00 bits per heavy atom. The van der Waals surface area contributed by atoms with Gasteiger partial charge in [0.1, 0.15) is 5.69 Å². The van der Waals surface area contributed by atoms with Crippen molar-refractivity contribution in [3.05, 3.63) is 101 Å². The van der Waals surface area contributed by atoms with Gasteiger partial charge in [-0.1, -0.05) is 54.6 Å². The summed E-state index contributed by atoms with van der Waals surface area (Å²) >= 11 is 0. The molecular weight excluding hydrogens is 464 g/mol. The quantitative estimate of drug-likeness (QED) is 0.538. The van der Waals surface area contributed by atoms with Gasteiger partial charge < -0.3 is 15.1 Å². The molecule has 1 fully saturated rings. The van der Waals surface area contributed by atoms with Crippen LogP contribution in [0.4, 0.5) is 0 Å². The number of nitrogens with zero attached hydrogens (tertiary/aromatic N) is 3. The van der Waals surface area contributed by atoms with E-state index < -0.39 is 0 Å². The number of amides is 3. The Hall–Kier alpha value is -4.00. The van der Waals surface area contributed by atoms with Gasteiger partial charge in [0.05, 0.1) is 12.5 Å². The third kappa shape index (κ3) is 5.40. The van der Waals surface area contributed by atoms with E-state index in [0.29, 0.717) is 24.3 Å². The summed E-state index contributed by atoms with van der Waals surface area (Å²) < 4.78 is 0. The molecule has 0 bridgehead atoms. The number of piperidine rings is 1. The molecule has 1 saturated heterocycles. The maximum Gasteiger partial charge on any atom is 0.272 e. The molecule has 37 heavy (non-hydrogen) atoms. The van der Waals surface area contributed by atoms with E-state index in [0.717, 1.165) is 24.8 Å². The van der Waals surface area contributed by atoms with Crippen molar-refractivity contribution in [1.29, 1.82) is 0 Å². The fourth-order valence-corrected chi connectivity index (χ4v) is 5.62. The summed E-state index contributed by atoms with van der Waals surface area (Å²) in [6, 6.07) is 22.8. The summed E-state index contributed by atoms with van der Waals surface area (Å²) in [5.41, 5.74) is 3.17. The zero-order valence-electron chi connectivity index (χ0n) is 21.0. The van der Waals surface area contributed by atoms with Crippen LogP contribution in [0.15, 0.2) is 79.0 Å². The van der Waals surface area contributed by atoms with Gasteiger partial charge >= 0.3 is 0 Å². The minimum absolute atomic E-state index is 0.00449. The molecule has 1 N–H and O–H groups in total. The van der Waals surface area contributed by atoms with Crippen LogP contribution in [0.25, 0.3) is 0 Å². The highest BCUT2D eigenvalue weighted by Crippen LogP contribution is 2.31. The van der Waals surface area contributed by atoms with Gasteiger partial charge in [0.2, 0.25) is 5.91 Å². The lowest BCUT2D eigenvalue weighted by Crippen LogP contribution is -2.48. The van der Waals surface area contributed by atoms with Crippen molar-refractivity contribution >= 4 is 17.7 Å². The second-order valence-corrected chi connectivity index (χ2v) is 9.92. The van der Waals surface area contributed by atoms with Crippen molar-refractivity contribution in [2.75, 3.05) is 20.1 Å². The molecule has 0 spiro atoms. The predicted octanol–water partition coefficient (Wildman–Crippen LogP) is 3.88. The van der Waals surface area contributed by atoms with Gasteiger partial charge in [-0.3, -0.25) is 19.4 Å². The number of aromatic nitrogens is 1. The molecule has 0 aliphatic carbocycles. The highest BCUT2D eigenvalue weighted by atomic mass is 16.2. The normalized spacial score (nSPS) is 18.1. The maximum atomic E-state index is 13.3. The lowest BCUT2D eigenvalue weighted by Gasteiger charge is -2.40. The number of carbonyl (C=O) groups excluding carboxylic acids is 3. The number of pyridine rings is 1. The zero-order valence-corrected chi connectivity index (χ0v) is 21.0. The molecule has 0 radical (unpaired) electrons. The SMILES string of the molecule is CN(C(=O)c1ccccn1)C(Cc1ccccc1)C1CCN(C(=O)CC2NC(=O)c3ccccc32)CC1. The molecule has 0 saturated carbocycles. The van der Waals surface area contributed by atoms with Crippen molar-refractivity contribution in [1.82, 2.24) is 20.1 Å². The molecular formula is C30H32N4O3. The van der Waals surface area contributed by atoms with Crippen LogP contribution in [-0.2, 0) is 11.2 Å². The first-order valence-corrected chi connectivity index (χ1v) is 12.9. The fraction of sp³-hybridized carbons (Fsp3) is 0.333.